The summed E-state index contributed by atoms with van der Waals surface area (Å²) in [7, 11) is 5.71. The van der Waals surface area contributed by atoms with Crippen LogP contribution in [-0.2, 0) is 4.74 Å². The minimum Gasteiger partial charge on any atom is -0.383 e. The van der Waals surface area contributed by atoms with Gasteiger partial charge in [-0.2, -0.15) is 0 Å². The number of aromatic nitrogens is 3. The fourth-order valence-electron chi connectivity index (χ4n) is 3.49. The number of hydrogen-bond donors (Lipinski definition) is 0. The molecule has 28 heavy (non-hydrogen) atoms. The van der Waals surface area contributed by atoms with Gasteiger partial charge in [0, 0.05) is 38.7 Å². The second-order valence-electron chi connectivity index (χ2n) is 7.87. The Morgan fingerprint density at radius 3 is 2.50 bits per heavy atom. The van der Waals surface area contributed by atoms with E-state index in [1.165, 1.54) is 0 Å². The lowest BCUT2D eigenvalue weighted by atomic mass is 10.1. The molecule has 150 valence electrons. The Balaban J connectivity index is 2.20. The van der Waals surface area contributed by atoms with Crippen LogP contribution in [0.15, 0.2) is 24.4 Å². The molecule has 1 atom stereocenters. The molecule has 0 aliphatic rings. The Kier molecular flexibility index (Phi) is 5.96. The number of pyridine rings is 2. The summed E-state index contributed by atoms with van der Waals surface area (Å²) in [6.07, 6.45) is 2.12. The SMILES string of the molecule is COC[C@H](C)n1cc(C)c2nc(-c3ccc(C(C)C)nc3N(C)C)c(Cl)cc21. The molecule has 0 N–H and O–H groups in total. The number of hydrogen-bond acceptors (Lipinski definition) is 4. The molecule has 0 unspecified atom stereocenters. The normalized spacial score (nSPS) is 12.8. The third-order valence-corrected chi connectivity index (χ3v) is 5.28. The number of anilines is 1. The largest absolute Gasteiger partial charge is 0.383 e. The Hall–Kier alpha value is -2.11. The van der Waals surface area contributed by atoms with Gasteiger partial charge in [0.2, 0.25) is 0 Å². The van der Waals surface area contributed by atoms with Crippen molar-refractivity contribution in [2.45, 2.75) is 39.7 Å². The topological polar surface area (TPSA) is 43.2 Å². The first-order chi connectivity index (χ1) is 13.2. The molecule has 0 saturated carbocycles. The number of halogens is 1. The van der Waals surface area contributed by atoms with Crippen molar-refractivity contribution in [3.63, 3.8) is 0 Å². The predicted molar refractivity (Wildman–Crippen MR) is 118 cm³/mol. The summed E-state index contributed by atoms with van der Waals surface area (Å²) < 4.78 is 7.51. The standard InChI is InChI=1S/C22H29ClN4O/c1-13(2)18-9-8-16(22(24-18)26(5)6)21-17(23)10-19-20(25-21)14(3)11-27(19)15(4)12-28-7/h8-11,13,15H,12H2,1-7H3/t15-/m0/s1. The summed E-state index contributed by atoms with van der Waals surface area (Å²) in [5.41, 5.74) is 5.86. The summed E-state index contributed by atoms with van der Waals surface area (Å²) in [6, 6.07) is 6.36. The van der Waals surface area contributed by atoms with Gasteiger partial charge < -0.3 is 14.2 Å². The van der Waals surface area contributed by atoms with Gasteiger partial charge in [0.25, 0.3) is 0 Å². The highest BCUT2D eigenvalue weighted by molar-refractivity contribution is 6.33. The molecule has 0 amide bonds. The van der Waals surface area contributed by atoms with E-state index in [1.54, 1.807) is 7.11 Å². The molecule has 6 heteroatoms. The second kappa shape index (κ2) is 8.10. The maximum absolute atomic E-state index is 6.73. The van der Waals surface area contributed by atoms with E-state index in [-0.39, 0.29) is 6.04 Å². The van der Waals surface area contributed by atoms with E-state index >= 15 is 0 Å². The number of rotatable bonds is 6. The van der Waals surface area contributed by atoms with Gasteiger partial charge in [-0.25, -0.2) is 9.97 Å². The third-order valence-electron chi connectivity index (χ3n) is 4.99. The van der Waals surface area contributed by atoms with Crippen LogP contribution in [0, 0.1) is 6.92 Å². The van der Waals surface area contributed by atoms with Crippen molar-refractivity contribution in [2.75, 3.05) is 32.7 Å². The summed E-state index contributed by atoms with van der Waals surface area (Å²) in [5, 5.41) is 0.624. The Morgan fingerprint density at radius 1 is 1.18 bits per heavy atom. The molecular formula is C22H29ClN4O. The molecule has 0 aliphatic heterocycles. The van der Waals surface area contributed by atoms with Crippen molar-refractivity contribution in [1.82, 2.24) is 14.5 Å². The average Bonchev–Trinajstić information content (AvgIpc) is 2.96. The van der Waals surface area contributed by atoms with E-state index in [4.69, 9.17) is 26.3 Å². The van der Waals surface area contributed by atoms with E-state index < -0.39 is 0 Å². The highest BCUT2D eigenvalue weighted by Crippen LogP contribution is 2.36. The lowest BCUT2D eigenvalue weighted by Crippen LogP contribution is -2.14. The van der Waals surface area contributed by atoms with Crippen molar-refractivity contribution in [3.8, 4) is 11.3 Å². The van der Waals surface area contributed by atoms with Crippen LogP contribution in [0.1, 0.15) is 44.0 Å². The lowest BCUT2D eigenvalue weighted by molar-refractivity contribution is 0.164. The van der Waals surface area contributed by atoms with E-state index in [0.717, 1.165) is 39.4 Å². The zero-order chi connectivity index (χ0) is 20.6. The molecule has 3 heterocycles. The van der Waals surface area contributed by atoms with E-state index in [2.05, 4.69) is 50.6 Å². The maximum Gasteiger partial charge on any atom is 0.137 e. The smallest absolute Gasteiger partial charge is 0.137 e. The van der Waals surface area contributed by atoms with Gasteiger partial charge in [-0.15, -0.1) is 0 Å². The summed E-state index contributed by atoms with van der Waals surface area (Å²) in [6.45, 7) is 9.13. The Bertz CT molecular complexity index is 994. The van der Waals surface area contributed by atoms with Crippen molar-refractivity contribution in [1.29, 1.82) is 0 Å². The Labute approximate surface area is 172 Å². The average molecular weight is 401 g/mol. The van der Waals surface area contributed by atoms with Gasteiger partial charge in [-0.3, -0.25) is 0 Å². The summed E-state index contributed by atoms with van der Waals surface area (Å²) in [5.74, 6) is 1.24. The van der Waals surface area contributed by atoms with Crippen molar-refractivity contribution in [2.24, 2.45) is 0 Å². The van der Waals surface area contributed by atoms with Gasteiger partial charge >= 0.3 is 0 Å². The molecular weight excluding hydrogens is 372 g/mol. The number of aryl methyl sites for hydroxylation is 1. The Morgan fingerprint density at radius 2 is 1.89 bits per heavy atom. The second-order valence-corrected chi connectivity index (χ2v) is 8.27. The fraction of sp³-hybridized carbons (Fsp3) is 0.455. The van der Waals surface area contributed by atoms with Crippen molar-refractivity contribution >= 4 is 28.5 Å². The molecule has 3 aromatic rings. The van der Waals surface area contributed by atoms with Gasteiger partial charge in [0.1, 0.15) is 5.82 Å². The molecule has 0 aromatic carbocycles. The first kappa shape index (κ1) is 20.6. The zero-order valence-corrected chi connectivity index (χ0v) is 18.5. The first-order valence-corrected chi connectivity index (χ1v) is 9.97. The highest BCUT2D eigenvalue weighted by atomic mass is 35.5. The van der Waals surface area contributed by atoms with Crippen LogP contribution >= 0.6 is 11.6 Å². The first-order valence-electron chi connectivity index (χ1n) is 9.59. The predicted octanol–water partition coefficient (Wildman–Crippen LogP) is 5.46. The lowest BCUT2D eigenvalue weighted by Gasteiger charge is -2.19. The van der Waals surface area contributed by atoms with E-state index in [1.807, 2.05) is 25.1 Å². The molecule has 0 fully saturated rings. The third kappa shape index (κ3) is 3.74. The van der Waals surface area contributed by atoms with Crippen LogP contribution in [0.25, 0.3) is 22.3 Å². The van der Waals surface area contributed by atoms with Crippen molar-refractivity contribution in [3.05, 3.63) is 40.7 Å². The van der Waals surface area contributed by atoms with Crippen LogP contribution in [0.4, 0.5) is 5.82 Å². The molecule has 0 spiro atoms. The molecule has 0 saturated heterocycles. The van der Waals surface area contributed by atoms with Crippen LogP contribution in [-0.4, -0.2) is 42.3 Å². The summed E-state index contributed by atoms with van der Waals surface area (Å²) >= 11 is 6.73. The fourth-order valence-corrected chi connectivity index (χ4v) is 3.74. The molecule has 0 radical (unpaired) electrons. The minimum atomic E-state index is 0.203. The number of ether oxygens (including phenoxy) is 1. The van der Waals surface area contributed by atoms with Gasteiger partial charge in [0.05, 0.1) is 34.4 Å². The maximum atomic E-state index is 6.73. The van der Waals surface area contributed by atoms with Gasteiger partial charge in [-0.1, -0.05) is 25.4 Å². The number of fused-ring (bicyclic) bond motifs is 1. The van der Waals surface area contributed by atoms with Crippen LogP contribution in [0.2, 0.25) is 5.02 Å². The van der Waals surface area contributed by atoms with Crippen LogP contribution in [0.3, 0.4) is 0 Å². The van der Waals surface area contributed by atoms with Crippen molar-refractivity contribution < 1.29 is 4.74 Å². The summed E-state index contributed by atoms with van der Waals surface area (Å²) in [4.78, 5) is 11.8. The highest BCUT2D eigenvalue weighted by Gasteiger charge is 2.19. The number of nitrogens with zero attached hydrogens (tertiary/aromatic N) is 4. The van der Waals surface area contributed by atoms with E-state index in [0.29, 0.717) is 17.5 Å². The minimum absolute atomic E-state index is 0.203. The van der Waals surface area contributed by atoms with Crippen LogP contribution in [0.5, 0.6) is 0 Å². The molecule has 5 nitrogen and oxygen atoms in total. The molecule has 3 rings (SSSR count). The zero-order valence-electron chi connectivity index (χ0n) is 17.7. The van der Waals surface area contributed by atoms with E-state index in [9.17, 15) is 0 Å². The molecule has 3 aromatic heterocycles. The molecule has 0 aliphatic carbocycles. The quantitative estimate of drug-likeness (QED) is 0.551. The van der Waals surface area contributed by atoms with Gasteiger partial charge in [0.15, 0.2) is 0 Å². The number of methoxy groups -OCH3 is 1. The monoisotopic (exact) mass is 400 g/mol. The molecule has 0 bridgehead atoms. The van der Waals surface area contributed by atoms with Crippen LogP contribution < -0.4 is 4.90 Å². The van der Waals surface area contributed by atoms with Gasteiger partial charge in [-0.05, 0) is 43.5 Å².